The van der Waals surface area contributed by atoms with Crippen LogP contribution in [0.2, 0.25) is 0 Å². The molecule has 0 aliphatic carbocycles. The predicted molar refractivity (Wildman–Crippen MR) is 159 cm³/mol. The minimum atomic E-state index is -0.730. The third-order valence-electron chi connectivity index (χ3n) is 6.86. The number of carboxylic acids is 1. The molecule has 1 atom stereocenters. The Morgan fingerprint density at radius 3 is 2.75 bits per heavy atom. The molecule has 208 valence electrons. The highest BCUT2D eigenvalue weighted by molar-refractivity contribution is 7.99. The molecule has 1 N–H and O–H groups in total. The molecule has 3 heterocycles. The van der Waals surface area contributed by atoms with Crippen molar-refractivity contribution in [3.8, 4) is 5.75 Å². The van der Waals surface area contributed by atoms with Crippen molar-refractivity contribution in [2.24, 2.45) is 0 Å². The van der Waals surface area contributed by atoms with E-state index in [-0.39, 0.29) is 12.6 Å². The first-order valence-electron chi connectivity index (χ1n) is 14.0. The van der Waals surface area contributed by atoms with Gasteiger partial charge in [-0.15, -0.1) is 0 Å². The Morgan fingerprint density at radius 1 is 1.05 bits per heavy atom. The number of carbonyl (C=O) groups is 1. The molecule has 1 unspecified atom stereocenters. The summed E-state index contributed by atoms with van der Waals surface area (Å²) in [7, 11) is 0. The number of ether oxygens (including phenoxy) is 2. The van der Waals surface area contributed by atoms with E-state index in [1.54, 1.807) is 18.0 Å². The van der Waals surface area contributed by atoms with E-state index in [9.17, 15) is 4.79 Å². The molecule has 0 radical (unpaired) electrons. The lowest BCUT2D eigenvalue weighted by Crippen LogP contribution is -2.19. The second-order valence-corrected chi connectivity index (χ2v) is 11.0. The zero-order valence-electron chi connectivity index (χ0n) is 22.6. The summed E-state index contributed by atoms with van der Waals surface area (Å²) in [6.07, 6.45) is 12.6. The average Bonchev–Trinajstić information content (AvgIpc) is 3.35. The van der Waals surface area contributed by atoms with Gasteiger partial charge in [-0.25, -0.2) is 4.68 Å². The van der Waals surface area contributed by atoms with Gasteiger partial charge in [0, 0.05) is 29.5 Å². The van der Waals surface area contributed by atoms with Gasteiger partial charge < -0.3 is 14.6 Å². The maximum absolute atomic E-state index is 10.7. The van der Waals surface area contributed by atoms with Crippen molar-refractivity contribution in [2.45, 2.75) is 67.4 Å². The van der Waals surface area contributed by atoms with Crippen molar-refractivity contribution in [3.63, 3.8) is 0 Å². The number of para-hydroxylation sites is 1. The molecule has 0 spiro atoms. The van der Waals surface area contributed by atoms with E-state index in [1.165, 1.54) is 0 Å². The summed E-state index contributed by atoms with van der Waals surface area (Å²) in [6, 6.07) is 20.5. The largest absolute Gasteiger partial charge is 0.492 e. The Hall–Kier alpha value is -3.62. The van der Waals surface area contributed by atoms with Gasteiger partial charge in [-0.3, -0.25) is 9.78 Å². The summed E-state index contributed by atoms with van der Waals surface area (Å²) in [5.41, 5.74) is 2.85. The van der Waals surface area contributed by atoms with Crippen LogP contribution in [-0.2, 0) is 9.53 Å². The highest BCUT2D eigenvalue weighted by Gasteiger charge is 2.21. The Balaban J connectivity index is 1.33. The van der Waals surface area contributed by atoms with Crippen LogP contribution in [-0.4, -0.2) is 39.1 Å². The van der Waals surface area contributed by atoms with Crippen LogP contribution in [0.15, 0.2) is 76.7 Å². The van der Waals surface area contributed by atoms with E-state index in [0.717, 1.165) is 83.0 Å². The van der Waals surface area contributed by atoms with Gasteiger partial charge in [0.15, 0.2) is 6.23 Å². The van der Waals surface area contributed by atoms with Crippen LogP contribution in [0, 0.1) is 0 Å². The molecule has 1 fully saturated rings. The summed E-state index contributed by atoms with van der Waals surface area (Å²) in [5, 5.41) is 14.8. The lowest BCUT2D eigenvalue weighted by Gasteiger charge is -2.23. The van der Waals surface area contributed by atoms with E-state index < -0.39 is 5.97 Å². The SMILES string of the molecule is O=C(O)CCCCCCOc1ccccc1Sc1ccc2c(C=Cc3ccccn3)nn(C3CCCCO3)c2c1. The van der Waals surface area contributed by atoms with Gasteiger partial charge in [0.05, 0.1) is 28.4 Å². The van der Waals surface area contributed by atoms with Crippen molar-refractivity contribution < 1.29 is 19.4 Å². The van der Waals surface area contributed by atoms with Crippen LogP contribution in [0.4, 0.5) is 0 Å². The third kappa shape index (κ3) is 7.52. The van der Waals surface area contributed by atoms with Crippen molar-refractivity contribution >= 4 is 40.8 Å². The minimum Gasteiger partial charge on any atom is -0.492 e. The van der Waals surface area contributed by atoms with Crippen LogP contribution in [0.1, 0.15) is 69.0 Å². The number of pyridine rings is 1. The number of hydrogen-bond acceptors (Lipinski definition) is 6. The number of carboxylic acid groups (broad SMARTS) is 1. The monoisotopic (exact) mass is 557 g/mol. The first-order valence-corrected chi connectivity index (χ1v) is 14.8. The number of fused-ring (bicyclic) bond motifs is 1. The third-order valence-corrected chi connectivity index (χ3v) is 7.90. The van der Waals surface area contributed by atoms with Gasteiger partial charge in [0.1, 0.15) is 5.75 Å². The van der Waals surface area contributed by atoms with Crippen molar-refractivity contribution in [1.82, 2.24) is 14.8 Å². The van der Waals surface area contributed by atoms with Crippen LogP contribution in [0.3, 0.4) is 0 Å². The zero-order valence-corrected chi connectivity index (χ0v) is 23.4. The second kappa shape index (κ2) is 14.1. The fourth-order valence-electron chi connectivity index (χ4n) is 4.80. The van der Waals surface area contributed by atoms with E-state index in [4.69, 9.17) is 19.7 Å². The number of hydrogen-bond donors (Lipinski definition) is 1. The summed E-state index contributed by atoms with van der Waals surface area (Å²) >= 11 is 1.68. The second-order valence-electron chi connectivity index (χ2n) is 9.87. The molecule has 0 saturated carbocycles. The lowest BCUT2D eigenvalue weighted by atomic mass is 10.1. The number of unbranched alkanes of at least 4 members (excludes halogenated alkanes) is 3. The molecule has 40 heavy (non-hydrogen) atoms. The molecule has 1 aliphatic heterocycles. The molecule has 4 aromatic rings. The standard InChI is InChI=1S/C32H35N3O4S/c36-32(37)15-3-1-2-9-21-38-29-12-4-5-13-30(29)40-25-17-18-26-27(19-16-24-11-6-8-20-33-24)34-35(28(26)23-25)31-14-7-10-22-39-31/h4-6,8,11-13,16-20,23,31H,1-3,7,9-10,14-15,21-22H2,(H,36,37). The molecule has 2 aromatic heterocycles. The van der Waals surface area contributed by atoms with E-state index >= 15 is 0 Å². The van der Waals surface area contributed by atoms with Gasteiger partial charge in [-0.05, 0) is 86.7 Å². The maximum Gasteiger partial charge on any atom is 0.303 e. The molecule has 7 nitrogen and oxygen atoms in total. The smallest absolute Gasteiger partial charge is 0.303 e. The van der Waals surface area contributed by atoms with Gasteiger partial charge in [-0.2, -0.15) is 5.10 Å². The van der Waals surface area contributed by atoms with Gasteiger partial charge in [-0.1, -0.05) is 42.8 Å². The first kappa shape index (κ1) is 27.9. The fourth-order valence-corrected chi connectivity index (χ4v) is 5.73. The predicted octanol–water partition coefficient (Wildman–Crippen LogP) is 7.87. The molecular formula is C32H35N3O4S. The molecular weight excluding hydrogens is 522 g/mol. The van der Waals surface area contributed by atoms with E-state index in [0.29, 0.717) is 13.0 Å². The Kier molecular flexibility index (Phi) is 9.87. The Labute approximate surface area is 239 Å². The molecule has 2 aromatic carbocycles. The number of nitrogens with zero attached hydrogens (tertiary/aromatic N) is 3. The maximum atomic E-state index is 10.7. The van der Waals surface area contributed by atoms with Crippen LogP contribution in [0.5, 0.6) is 5.75 Å². The number of aromatic nitrogens is 3. The summed E-state index contributed by atoms with van der Waals surface area (Å²) in [4.78, 5) is 17.2. The summed E-state index contributed by atoms with van der Waals surface area (Å²) in [6.45, 7) is 1.37. The number of aliphatic carboxylic acids is 1. The minimum absolute atomic E-state index is 0.0698. The average molecular weight is 558 g/mol. The Bertz CT molecular complexity index is 1430. The summed E-state index contributed by atoms with van der Waals surface area (Å²) < 4.78 is 14.3. The van der Waals surface area contributed by atoms with Crippen molar-refractivity contribution in [2.75, 3.05) is 13.2 Å². The zero-order chi connectivity index (χ0) is 27.6. The molecule has 0 amide bonds. The van der Waals surface area contributed by atoms with E-state index in [2.05, 4.69) is 29.2 Å². The fraction of sp³-hybridized carbons (Fsp3) is 0.344. The normalized spacial score (nSPS) is 15.6. The molecule has 1 aliphatic rings. The van der Waals surface area contributed by atoms with Gasteiger partial charge in [0.2, 0.25) is 0 Å². The van der Waals surface area contributed by atoms with Gasteiger partial charge >= 0.3 is 5.97 Å². The Morgan fingerprint density at radius 2 is 1.93 bits per heavy atom. The van der Waals surface area contributed by atoms with E-state index in [1.807, 2.05) is 53.2 Å². The van der Waals surface area contributed by atoms with Crippen molar-refractivity contribution in [3.05, 3.63) is 78.2 Å². The lowest BCUT2D eigenvalue weighted by molar-refractivity contribution is -0.137. The molecule has 5 rings (SSSR count). The van der Waals surface area contributed by atoms with Crippen LogP contribution >= 0.6 is 11.8 Å². The number of benzene rings is 2. The molecule has 0 bridgehead atoms. The number of rotatable bonds is 13. The quantitative estimate of drug-likeness (QED) is 0.167. The first-order chi connectivity index (χ1) is 19.7. The molecule has 1 saturated heterocycles. The topological polar surface area (TPSA) is 86.5 Å². The van der Waals surface area contributed by atoms with Crippen molar-refractivity contribution in [1.29, 1.82) is 0 Å². The summed E-state index contributed by atoms with van der Waals surface area (Å²) in [5.74, 6) is 0.133. The van der Waals surface area contributed by atoms with Gasteiger partial charge in [0.25, 0.3) is 0 Å². The van der Waals surface area contributed by atoms with Crippen LogP contribution < -0.4 is 4.74 Å². The highest BCUT2D eigenvalue weighted by Crippen LogP contribution is 2.38. The molecule has 8 heteroatoms. The van der Waals surface area contributed by atoms with Crippen LogP contribution in [0.25, 0.3) is 23.1 Å². The highest BCUT2D eigenvalue weighted by atomic mass is 32.2.